The SMILES string of the molecule is N#Cc1ccc(-c2ccc(N(c3ccc(-c4ccc(C#N)cc4)cc3)c3ccc(C#N)c4ccccc34)cc2)cc1. The Morgan fingerprint density at radius 1 is 0.390 bits per heavy atom. The lowest BCUT2D eigenvalue weighted by Gasteiger charge is -2.27. The second kappa shape index (κ2) is 10.9. The molecule has 4 nitrogen and oxygen atoms in total. The van der Waals surface area contributed by atoms with Gasteiger partial charge in [0.25, 0.3) is 0 Å². The van der Waals surface area contributed by atoms with Crippen molar-refractivity contribution in [2.45, 2.75) is 0 Å². The molecule has 0 saturated heterocycles. The zero-order valence-corrected chi connectivity index (χ0v) is 22.0. The van der Waals surface area contributed by atoms with Crippen LogP contribution in [0.3, 0.4) is 0 Å². The molecule has 6 aromatic carbocycles. The minimum Gasteiger partial charge on any atom is -0.310 e. The Kier molecular flexibility index (Phi) is 6.69. The summed E-state index contributed by atoms with van der Waals surface area (Å²) >= 11 is 0. The van der Waals surface area contributed by atoms with Crippen LogP contribution in [0.1, 0.15) is 16.7 Å². The third kappa shape index (κ3) is 4.88. The van der Waals surface area contributed by atoms with Crippen LogP contribution in [0.4, 0.5) is 17.1 Å². The minimum atomic E-state index is 0.633. The highest BCUT2D eigenvalue weighted by Gasteiger charge is 2.17. The van der Waals surface area contributed by atoms with E-state index in [1.165, 1.54) is 0 Å². The number of nitriles is 3. The van der Waals surface area contributed by atoms with Gasteiger partial charge in [0, 0.05) is 22.1 Å². The lowest BCUT2D eigenvalue weighted by atomic mass is 10.00. The van der Waals surface area contributed by atoms with E-state index in [2.05, 4.69) is 77.7 Å². The predicted octanol–water partition coefficient (Wildman–Crippen LogP) is 9.26. The molecule has 0 spiro atoms. The van der Waals surface area contributed by atoms with Crippen LogP contribution >= 0.6 is 0 Å². The Hall–Kier alpha value is -6.15. The van der Waals surface area contributed by atoms with Gasteiger partial charge in [-0.1, -0.05) is 72.8 Å². The smallest absolute Gasteiger partial charge is 0.0998 e. The van der Waals surface area contributed by atoms with E-state index in [-0.39, 0.29) is 0 Å². The summed E-state index contributed by atoms with van der Waals surface area (Å²) in [6.07, 6.45) is 0. The highest BCUT2D eigenvalue weighted by Crippen LogP contribution is 2.41. The maximum Gasteiger partial charge on any atom is 0.0998 e. The number of benzene rings is 6. The van der Waals surface area contributed by atoms with E-state index in [1.807, 2.05) is 78.9 Å². The van der Waals surface area contributed by atoms with E-state index in [4.69, 9.17) is 10.5 Å². The molecule has 0 heterocycles. The third-order valence-corrected chi connectivity index (χ3v) is 7.21. The first-order valence-corrected chi connectivity index (χ1v) is 13.1. The Labute approximate surface area is 238 Å². The fourth-order valence-electron chi connectivity index (χ4n) is 5.08. The quantitative estimate of drug-likeness (QED) is 0.226. The minimum absolute atomic E-state index is 0.633. The van der Waals surface area contributed by atoms with Gasteiger partial charge in [-0.15, -0.1) is 0 Å². The lowest BCUT2D eigenvalue weighted by Crippen LogP contribution is -2.10. The molecule has 0 radical (unpaired) electrons. The van der Waals surface area contributed by atoms with Crippen molar-refractivity contribution >= 4 is 27.8 Å². The van der Waals surface area contributed by atoms with Gasteiger partial charge >= 0.3 is 0 Å². The van der Waals surface area contributed by atoms with Gasteiger partial charge in [-0.05, 0) is 82.9 Å². The average molecular weight is 523 g/mol. The molecule has 0 atom stereocenters. The number of nitrogens with zero attached hydrogens (tertiary/aromatic N) is 4. The maximum absolute atomic E-state index is 9.74. The van der Waals surface area contributed by atoms with Crippen molar-refractivity contribution in [3.63, 3.8) is 0 Å². The number of rotatable bonds is 5. The highest BCUT2D eigenvalue weighted by molar-refractivity contribution is 6.01. The van der Waals surface area contributed by atoms with Crippen LogP contribution in [0.5, 0.6) is 0 Å². The maximum atomic E-state index is 9.74. The van der Waals surface area contributed by atoms with Crippen LogP contribution in [0.25, 0.3) is 33.0 Å². The van der Waals surface area contributed by atoms with Crippen LogP contribution in [0.15, 0.2) is 133 Å². The summed E-state index contributed by atoms with van der Waals surface area (Å²) in [6, 6.07) is 50.4. The van der Waals surface area contributed by atoms with Crippen molar-refractivity contribution in [3.8, 4) is 40.5 Å². The van der Waals surface area contributed by atoms with E-state index in [9.17, 15) is 5.26 Å². The topological polar surface area (TPSA) is 74.6 Å². The van der Waals surface area contributed by atoms with Crippen LogP contribution < -0.4 is 4.90 Å². The Morgan fingerprint density at radius 3 is 1.22 bits per heavy atom. The first-order chi connectivity index (χ1) is 20.2. The van der Waals surface area contributed by atoms with Crippen molar-refractivity contribution < 1.29 is 0 Å². The van der Waals surface area contributed by atoms with Gasteiger partial charge in [-0.25, -0.2) is 0 Å². The summed E-state index contributed by atoms with van der Waals surface area (Å²) in [5.41, 5.74) is 9.01. The molecular weight excluding hydrogens is 500 g/mol. The largest absolute Gasteiger partial charge is 0.310 e. The molecule has 190 valence electrons. The van der Waals surface area contributed by atoms with Gasteiger partial charge in [-0.3, -0.25) is 0 Å². The molecule has 0 aliphatic carbocycles. The first-order valence-electron chi connectivity index (χ1n) is 13.1. The first kappa shape index (κ1) is 25.1. The monoisotopic (exact) mass is 522 g/mol. The van der Waals surface area contributed by atoms with Gasteiger partial charge in [0.2, 0.25) is 0 Å². The predicted molar refractivity (Wildman–Crippen MR) is 164 cm³/mol. The fraction of sp³-hybridized carbons (Fsp3) is 0. The Bertz CT molecular complexity index is 1880. The molecule has 0 unspecified atom stereocenters. The molecule has 0 aromatic heterocycles. The molecule has 0 amide bonds. The summed E-state index contributed by atoms with van der Waals surface area (Å²) in [7, 11) is 0. The van der Waals surface area contributed by atoms with Crippen LogP contribution in [-0.4, -0.2) is 0 Å². The van der Waals surface area contributed by atoms with Gasteiger partial charge in [0.05, 0.1) is 40.6 Å². The molecule has 0 aliphatic rings. The third-order valence-electron chi connectivity index (χ3n) is 7.21. The van der Waals surface area contributed by atoms with Crippen LogP contribution in [0, 0.1) is 34.0 Å². The molecule has 4 heteroatoms. The summed E-state index contributed by atoms with van der Waals surface area (Å²) in [5, 5.41) is 29.9. The zero-order chi connectivity index (χ0) is 28.2. The van der Waals surface area contributed by atoms with E-state index >= 15 is 0 Å². The molecule has 6 rings (SSSR count). The molecule has 41 heavy (non-hydrogen) atoms. The molecule has 6 aromatic rings. The second-order valence-electron chi connectivity index (χ2n) is 9.60. The summed E-state index contributed by atoms with van der Waals surface area (Å²) in [5.74, 6) is 0. The number of hydrogen-bond donors (Lipinski definition) is 0. The Morgan fingerprint density at radius 2 is 0.805 bits per heavy atom. The van der Waals surface area contributed by atoms with Gasteiger partial charge < -0.3 is 4.90 Å². The van der Waals surface area contributed by atoms with Crippen molar-refractivity contribution in [1.29, 1.82) is 15.8 Å². The number of anilines is 3. The van der Waals surface area contributed by atoms with Gasteiger partial charge in [0.15, 0.2) is 0 Å². The fourth-order valence-corrected chi connectivity index (χ4v) is 5.08. The van der Waals surface area contributed by atoms with Crippen LogP contribution in [-0.2, 0) is 0 Å². The molecule has 0 aliphatic heterocycles. The Balaban J connectivity index is 1.46. The summed E-state index contributed by atoms with van der Waals surface area (Å²) < 4.78 is 0. The molecule has 0 N–H and O–H groups in total. The van der Waals surface area contributed by atoms with E-state index in [0.717, 1.165) is 50.1 Å². The van der Waals surface area contributed by atoms with E-state index in [0.29, 0.717) is 16.7 Å². The molecule has 0 saturated carbocycles. The molecule has 0 fully saturated rings. The van der Waals surface area contributed by atoms with Crippen LogP contribution in [0.2, 0.25) is 0 Å². The summed E-state index contributed by atoms with van der Waals surface area (Å²) in [6.45, 7) is 0. The van der Waals surface area contributed by atoms with Gasteiger partial charge in [-0.2, -0.15) is 15.8 Å². The number of hydrogen-bond acceptors (Lipinski definition) is 4. The molecule has 0 bridgehead atoms. The summed E-state index contributed by atoms with van der Waals surface area (Å²) in [4.78, 5) is 2.20. The van der Waals surface area contributed by atoms with Crippen molar-refractivity contribution in [1.82, 2.24) is 0 Å². The number of fused-ring (bicyclic) bond motifs is 1. The van der Waals surface area contributed by atoms with E-state index < -0.39 is 0 Å². The normalized spacial score (nSPS) is 10.4. The van der Waals surface area contributed by atoms with Crippen molar-refractivity contribution in [2.24, 2.45) is 0 Å². The van der Waals surface area contributed by atoms with E-state index in [1.54, 1.807) is 0 Å². The second-order valence-corrected chi connectivity index (χ2v) is 9.60. The molecular formula is C37H22N4. The highest BCUT2D eigenvalue weighted by atomic mass is 15.1. The van der Waals surface area contributed by atoms with Crippen molar-refractivity contribution in [2.75, 3.05) is 4.90 Å². The average Bonchev–Trinajstić information content (AvgIpc) is 3.05. The van der Waals surface area contributed by atoms with Crippen molar-refractivity contribution in [3.05, 3.63) is 150 Å². The standard InChI is InChI=1S/C37H22N4/c38-23-26-5-9-28(10-6-26)30-13-18-33(19-14-30)41(37-22-17-32(25-40)35-3-1-2-4-36(35)37)34-20-15-31(16-21-34)29-11-7-27(24-39)8-12-29/h1-22H. The lowest BCUT2D eigenvalue weighted by molar-refractivity contribution is 1.30. The zero-order valence-electron chi connectivity index (χ0n) is 22.0. The van der Waals surface area contributed by atoms with Gasteiger partial charge in [0.1, 0.15) is 0 Å².